The van der Waals surface area contributed by atoms with Crippen LogP contribution in [0.5, 0.6) is 11.6 Å². The number of fused-ring (bicyclic) bond motifs is 2. The van der Waals surface area contributed by atoms with Crippen molar-refractivity contribution in [3.63, 3.8) is 0 Å². The number of carbonyl (C=O) groups excluding carboxylic acids is 2. The molecule has 0 unspecified atom stereocenters. The minimum Gasteiger partial charge on any atom is -0.449 e. The van der Waals surface area contributed by atoms with Gasteiger partial charge in [0.1, 0.15) is 5.75 Å². The Bertz CT molecular complexity index is 1210. The molecule has 0 N–H and O–H groups in total. The first-order chi connectivity index (χ1) is 14.9. The minimum absolute atomic E-state index is 0.206. The Morgan fingerprint density at radius 1 is 1.16 bits per heavy atom. The van der Waals surface area contributed by atoms with Gasteiger partial charge in [-0.2, -0.15) is 0 Å². The molecule has 2 aliphatic rings. The van der Waals surface area contributed by atoms with Crippen LogP contribution in [0, 0.1) is 6.92 Å². The number of likely N-dealkylation sites (tertiary alicyclic amines) is 1. The fourth-order valence-corrected chi connectivity index (χ4v) is 4.45. The van der Waals surface area contributed by atoms with Crippen molar-refractivity contribution in [1.82, 2.24) is 9.88 Å². The Balaban J connectivity index is 1.35. The van der Waals surface area contributed by atoms with Crippen LogP contribution in [0.1, 0.15) is 38.4 Å². The van der Waals surface area contributed by atoms with Gasteiger partial charge in [0.25, 0.3) is 5.91 Å². The summed E-state index contributed by atoms with van der Waals surface area (Å²) in [5.74, 6) is 0.409. The van der Waals surface area contributed by atoms with E-state index in [1.54, 1.807) is 35.2 Å². The summed E-state index contributed by atoms with van der Waals surface area (Å²) >= 11 is 6.42. The van der Waals surface area contributed by atoms with Gasteiger partial charge in [-0.3, -0.25) is 4.79 Å². The highest BCUT2D eigenvalue weighted by Crippen LogP contribution is 2.43. The van der Waals surface area contributed by atoms with Gasteiger partial charge in [0.05, 0.1) is 22.7 Å². The van der Waals surface area contributed by atoms with E-state index in [0.29, 0.717) is 47.3 Å². The Morgan fingerprint density at radius 3 is 2.81 bits per heavy atom. The highest BCUT2D eigenvalue weighted by atomic mass is 35.5. The van der Waals surface area contributed by atoms with Crippen molar-refractivity contribution in [2.45, 2.75) is 18.9 Å². The van der Waals surface area contributed by atoms with E-state index < -0.39 is 5.60 Å². The van der Waals surface area contributed by atoms with Gasteiger partial charge in [-0.1, -0.05) is 35.9 Å². The van der Waals surface area contributed by atoms with Crippen LogP contribution in [0.25, 0.3) is 0 Å². The van der Waals surface area contributed by atoms with E-state index in [0.717, 1.165) is 11.3 Å². The van der Waals surface area contributed by atoms with Gasteiger partial charge in [-0.25, -0.2) is 9.78 Å². The van der Waals surface area contributed by atoms with Crippen molar-refractivity contribution in [3.05, 3.63) is 88.1 Å². The van der Waals surface area contributed by atoms with E-state index in [9.17, 15) is 9.59 Å². The zero-order chi connectivity index (χ0) is 21.6. The summed E-state index contributed by atoms with van der Waals surface area (Å²) in [6.45, 7) is 2.66. The van der Waals surface area contributed by atoms with Gasteiger partial charge in [-0.15, -0.1) is 0 Å². The van der Waals surface area contributed by atoms with Crippen LogP contribution in [0.4, 0.5) is 0 Å². The molecule has 1 spiro atoms. The quantitative estimate of drug-likeness (QED) is 0.556. The summed E-state index contributed by atoms with van der Waals surface area (Å²) in [6.07, 6.45) is 0.555. The van der Waals surface area contributed by atoms with Gasteiger partial charge in [-0.05, 0) is 31.2 Å². The van der Waals surface area contributed by atoms with Crippen LogP contribution in [-0.2, 0) is 10.3 Å². The number of carbonyl (C=O) groups is 2. The summed E-state index contributed by atoms with van der Waals surface area (Å²) in [5, 5.41) is 0.292. The third-order valence-electron chi connectivity index (χ3n) is 5.70. The number of benzene rings is 2. The van der Waals surface area contributed by atoms with Crippen molar-refractivity contribution < 1.29 is 19.1 Å². The summed E-state index contributed by atoms with van der Waals surface area (Å²) in [4.78, 5) is 31.4. The van der Waals surface area contributed by atoms with E-state index >= 15 is 0 Å². The average Bonchev–Trinajstić information content (AvgIpc) is 3.30. The summed E-state index contributed by atoms with van der Waals surface area (Å²) in [7, 11) is 0. The number of aryl methyl sites for hydroxylation is 1. The number of hydrogen-bond donors (Lipinski definition) is 0. The van der Waals surface area contributed by atoms with E-state index in [1.165, 1.54) is 0 Å². The van der Waals surface area contributed by atoms with Crippen molar-refractivity contribution in [2.24, 2.45) is 0 Å². The first-order valence-electron chi connectivity index (χ1n) is 9.98. The lowest BCUT2D eigenvalue weighted by Crippen LogP contribution is -2.34. The summed E-state index contributed by atoms with van der Waals surface area (Å²) in [5.41, 5.74) is 1.85. The summed E-state index contributed by atoms with van der Waals surface area (Å²) < 4.78 is 11.5. The third kappa shape index (κ3) is 3.43. The van der Waals surface area contributed by atoms with Crippen LogP contribution in [0.2, 0.25) is 5.02 Å². The molecule has 5 rings (SSSR count). The molecule has 31 heavy (non-hydrogen) atoms. The van der Waals surface area contributed by atoms with Crippen molar-refractivity contribution in [2.75, 3.05) is 13.1 Å². The molecule has 6 nitrogen and oxygen atoms in total. The van der Waals surface area contributed by atoms with Crippen LogP contribution in [0.15, 0.2) is 60.7 Å². The zero-order valence-electron chi connectivity index (χ0n) is 16.8. The molecular weight excluding hydrogens is 416 g/mol. The number of nitrogens with zero attached hydrogens (tertiary/aromatic N) is 2. The Morgan fingerprint density at radius 2 is 2.00 bits per heavy atom. The highest BCUT2D eigenvalue weighted by Gasteiger charge is 2.51. The number of hydrogen-bond acceptors (Lipinski definition) is 5. The number of amides is 1. The molecule has 2 aliphatic heterocycles. The first kappa shape index (κ1) is 19.6. The predicted molar refractivity (Wildman–Crippen MR) is 115 cm³/mol. The van der Waals surface area contributed by atoms with Gasteiger partial charge in [0.15, 0.2) is 5.60 Å². The lowest BCUT2D eigenvalue weighted by Gasteiger charge is -2.24. The van der Waals surface area contributed by atoms with Crippen LogP contribution >= 0.6 is 11.6 Å². The number of pyridine rings is 1. The Kier molecular flexibility index (Phi) is 4.67. The molecule has 0 radical (unpaired) electrons. The SMILES string of the molecule is Cc1cccc(Oc2ccc(C(=O)N3CC[C@@]4(C3)OC(=O)c3ccccc34)c(Cl)c2)n1. The zero-order valence-corrected chi connectivity index (χ0v) is 17.6. The van der Waals surface area contributed by atoms with Crippen molar-refractivity contribution in [1.29, 1.82) is 0 Å². The van der Waals surface area contributed by atoms with Crippen LogP contribution < -0.4 is 4.74 Å². The fourth-order valence-electron chi connectivity index (χ4n) is 4.20. The molecule has 2 aromatic carbocycles. The topological polar surface area (TPSA) is 68.7 Å². The molecule has 1 fully saturated rings. The number of ether oxygens (including phenoxy) is 2. The van der Waals surface area contributed by atoms with Gasteiger partial charge < -0.3 is 14.4 Å². The number of rotatable bonds is 3. The standard InChI is InChI=1S/C24H19ClN2O4/c1-15-5-4-8-21(26-15)30-16-9-10-18(20(25)13-16)22(28)27-12-11-24(14-27)19-7-3-2-6-17(19)23(29)31-24/h2-10,13H,11-12,14H2,1H3/t24-/m0/s1. The molecule has 3 aromatic rings. The number of halogens is 1. The van der Waals surface area contributed by atoms with Crippen LogP contribution in [0.3, 0.4) is 0 Å². The monoisotopic (exact) mass is 434 g/mol. The number of esters is 1. The maximum atomic E-state index is 13.2. The molecule has 0 bridgehead atoms. The Hall–Kier alpha value is -3.38. The second-order valence-electron chi connectivity index (χ2n) is 7.77. The second-order valence-corrected chi connectivity index (χ2v) is 8.17. The molecule has 1 aromatic heterocycles. The lowest BCUT2D eigenvalue weighted by atomic mass is 9.91. The van der Waals surface area contributed by atoms with Gasteiger partial charge in [0, 0.05) is 36.4 Å². The molecule has 7 heteroatoms. The summed E-state index contributed by atoms with van der Waals surface area (Å²) in [6, 6.07) is 17.8. The highest BCUT2D eigenvalue weighted by molar-refractivity contribution is 6.34. The van der Waals surface area contributed by atoms with Gasteiger partial charge >= 0.3 is 5.97 Å². The maximum absolute atomic E-state index is 13.2. The second kappa shape index (κ2) is 7.39. The molecule has 0 aliphatic carbocycles. The molecule has 0 saturated carbocycles. The van der Waals surface area contributed by atoms with Crippen molar-refractivity contribution >= 4 is 23.5 Å². The van der Waals surface area contributed by atoms with E-state index in [1.807, 2.05) is 37.3 Å². The largest absolute Gasteiger partial charge is 0.449 e. The molecule has 1 atom stereocenters. The molecular formula is C24H19ClN2O4. The third-order valence-corrected chi connectivity index (χ3v) is 6.01. The number of aromatic nitrogens is 1. The van der Waals surface area contributed by atoms with Gasteiger partial charge in [0.2, 0.25) is 5.88 Å². The van der Waals surface area contributed by atoms with E-state index in [2.05, 4.69) is 4.98 Å². The average molecular weight is 435 g/mol. The van der Waals surface area contributed by atoms with Crippen LogP contribution in [-0.4, -0.2) is 34.8 Å². The Labute approximate surface area is 184 Å². The predicted octanol–water partition coefficient (Wildman–Crippen LogP) is 4.75. The van der Waals surface area contributed by atoms with Crippen molar-refractivity contribution in [3.8, 4) is 11.6 Å². The fraction of sp³-hybridized carbons (Fsp3) is 0.208. The molecule has 3 heterocycles. The lowest BCUT2D eigenvalue weighted by molar-refractivity contribution is -0.00306. The molecule has 1 saturated heterocycles. The normalized spacial score (nSPS) is 19.4. The molecule has 1 amide bonds. The minimum atomic E-state index is -0.782. The van der Waals surface area contributed by atoms with E-state index in [-0.39, 0.29) is 11.9 Å². The maximum Gasteiger partial charge on any atom is 0.339 e. The molecule has 156 valence electrons. The first-order valence-corrected chi connectivity index (χ1v) is 10.4. The smallest absolute Gasteiger partial charge is 0.339 e. The van der Waals surface area contributed by atoms with E-state index in [4.69, 9.17) is 21.1 Å².